The summed E-state index contributed by atoms with van der Waals surface area (Å²) in [4.78, 5) is 88.2. The normalized spacial score (nSPS) is 37.0. The Balaban J connectivity index is 1.67. The minimum Gasteiger partial charge on any atom is -0.459 e. The maximum Gasteiger partial charge on any atom is 0.312 e. The molecule has 0 aromatic heterocycles. The highest BCUT2D eigenvalue weighted by molar-refractivity contribution is 6.39. The van der Waals surface area contributed by atoms with E-state index in [-0.39, 0.29) is 79.4 Å². The Bertz CT molecular complexity index is 1960. The number of azide groups is 1. The third kappa shape index (κ3) is 16.5. The second-order valence-electron chi connectivity index (χ2n) is 21.9. The number of Topliss-reactive ketones (excluding diaryl/α,β-unsaturated/α-hetero) is 4. The molecule has 0 aromatic rings. The maximum absolute atomic E-state index is 14.8. The molecular weight excluding hydrogens is 909 g/mol. The first-order valence-corrected chi connectivity index (χ1v) is 26.3. The Morgan fingerprint density at radius 3 is 2.25 bits per heavy atom. The molecule has 4 rings (SSSR count). The fourth-order valence-electron chi connectivity index (χ4n) is 11.9. The van der Waals surface area contributed by atoms with E-state index in [1.165, 1.54) is 12.0 Å². The van der Waals surface area contributed by atoms with Gasteiger partial charge in [0.1, 0.15) is 30.1 Å². The molecule has 16 atom stereocenters. The van der Waals surface area contributed by atoms with Crippen LogP contribution in [0.4, 0.5) is 0 Å². The van der Waals surface area contributed by atoms with E-state index in [2.05, 4.69) is 10.0 Å². The van der Waals surface area contributed by atoms with Gasteiger partial charge in [-0.1, -0.05) is 77.0 Å². The number of aliphatic hydroxyl groups is 2. The van der Waals surface area contributed by atoms with E-state index in [0.717, 1.165) is 12.0 Å². The Labute approximate surface area is 422 Å². The third-order valence-electron chi connectivity index (χ3n) is 16.5. The van der Waals surface area contributed by atoms with E-state index in [4.69, 9.17) is 24.5 Å². The number of carbonyl (C=O) groups is 6. The van der Waals surface area contributed by atoms with Crippen LogP contribution in [0.3, 0.4) is 0 Å². The van der Waals surface area contributed by atoms with Gasteiger partial charge in [-0.2, -0.15) is 0 Å². The van der Waals surface area contributed by atoms with Crippen molar-refractivity contribution in [2.45, 2.75) is 187 Å². The van der Waals surface area contributed by atoms with Gasteiger partial charge in [0.15, 0.2) is 11.6 Å². The second kappa shape index (κ2) is 28.4. The summed E-state index contributed by atoms with van der Waals surface area (Å²) in [6.07, 6.45) is 13.1. The lowest BCUT2D eigenvalue weighted by atomic mass is 9.67. The third-order valence-corrected chi connectivity index (χ3v) is 16.5. The van der Waals surface area contributed by atoms with E-state index >= 15 is 0 Å². The molecule has 398 valence electrons. The molecule has 2 saturated carbocycles. The van der Waals surface area contributed by atoms with Crippen LogP contribution in [-0.4, -0.2) is 127 Å². The average molecular weight is 995 g/mol. The second-order valence-corrected chi connectivity index (χ2v) is 21.9. The monoisotopic (exact) mass is 995 g/mol. The molecule has 71 heavy (non-hydrogen) atoms. The van der Waals surface area contributed by atoms with Gasteiger partial charge >= 0.3 is 5.97 Å². The number of ketones is 4. The fourth-order valence-corrected chi connectivity index (χ4v) is 11.9. The Hall–Kier alpha value is -4.05. The zero-order chi connectivity index (χ0) is 52.6. The van der Waals surface area contributed by atoms with Crippen LogP contribution in [0.15, 0.2) is 41.1 Å². The number of allylic oxidation sites excluding steroid dienone is 5. The molecule has 1 saturated heterocycles. The lowest BCUT2D eigenvalue weighted by Crippen LogP contribution is -2.59. The number of hydrogen-bond donors (Lipinski definition) is 2. The van der Waals surface area contributed by atoms with Crippen molar-refractivity contribution in [3.05, 3.63) is 46.4 Å². The Kier molecular flexibility index (Phi) is 23.8. The highest BCUT2D eigenvalue weighted by Gasteiger charge is 2.51. The Morgan fingerprint density at radius 1 is 0.859 bits per heavy atom. The van der Waals surface area contributed by atoms with E-state index in [0.29, 0.717) is 64.2 Å². The molecule has 2 heterocycles. The summed E-state index contributed by atoms with van der Waals surface area (Å²) in [5, 5.41) is 27.1. The largest absolute Gasteiger partial charge is 0.459 e. The topological polar surface area (TPSA) is 232 Å². The zero-order valence-corrected chi connectivity index (χ0v) is 44.3. The molecule has 2 aliphatic heterocycles. The Morgan fingerprint density at radius 2 is 1.58 bits per heavy atom. The predicted octanol–water partition coefficient (Wildman–Crippen LogP) is 8.45. The zero-order valence-electron chi connectivity index (χ0n) is 44.3. The molecule has 16 heteroatoms. The van der Waals surface area contributed by atoms with Crippen LogP contribution in [0, 0.1) is 53.3 Å². The van der Waals surface area contributed by atoms with Crippen LogP contribution in [0.25, 0.3) is 10.4 Å². The molecule has 1 amide bonds. The number of rotatable bonds is 9. The van der Waals surface area contributed by atoms with Crippen molar-refractivity contribution < 1.29 is 57.9 Å². The number of esters is 1. The lowest BCUT2D eigenvalue weighted by molar-refractivity contribution is -0.165. The van der Waals surface area contributed by atoms with Gasteiger partial charge in [0.25, 0.3) is 11.7 Å². The van der Waals surface area contributed by atoms with Crippen LogP contribution in [0.1, 0.15) is 145 Å². The summed E-state index contributed by atoms with van der Waals surface area (Å²) in [7, 11) is 4.60. The molecule has 3 fully saturated rings. The van der Waals surface area contributed by atoms with E-state index in [1.807, 2.05) is 71.9 Å². The first-order chi connectivity index (χ1) is 33.7. The number of ether oxygens (including phenoxy) is 4. The van der Waals surface area contributed by atoms with E-state index in [1.54, 1.807) is 21.1 Å². The maximum atomic E-state index is 14.8. The minimum absolute atomic E-state index is 0.0184. The number of carbonyl (C=O) groups excluding carboxylic acids is 6. The highest BCUT2D eigenvalue weighted by atomic mass is 16.6. The molecule has 0 aromatic carbocycles. The van der Waals surface area contributed by atoms with Crippen molar-refractivity contribution in [2.24, 2.45) is 58.4 Å². The van der Waals surface area contributed by atoms with Gasteiger partial charge in [-0.3, -0.25) is 28.8 Å². The van der Waals surface area contributed by atoms with Crippen molar-refractivity contribution in [3.63, 3.8) is 0 Å². The fraction of sp³-hybridized carbons (Fsp3) is 0.782. The predicted molar refractivity (Wildman–Crippen MR) is 270 cm³/mol. The van der Waals surface area contributed by atoms with E-state index in [9.17, 15) is 39.0 Å². The number of fused-ring (bicyclic) bond motifs is 3. The first-order valence-electron chi connectivity index (χ1n) is 26.3. The molecular formula is C55H86N4O12. The molecule has 4 aliphatic rings. The van der Waals surface area contributed by atoms with Crippen LogP contribution >= 0.6 is 0 Å². The van der Waals surface area contributed by atoms with Crippen molar-refractivity contribution in [2.75, 3.05) is 34.4 Å². The SMILES string of the molecule is COC1C[C@H]2CC[C@@H](C)[C@@](O)(C2)C(=O)C(=O)N2CCCC[C@H]2C(=O)C[C@@H]([C@@H](C)CC2CC[C@@H](OC(=O)CN=[N+]=[N-])[C@@H](OC)C2)CC(=O)[C@@H](C)C[C@H](C)[C@@H](O)C(OC)C(=O)[C@H](C)C[C@@H](C)/C=C/C=CC=C1C. The van der Waals surface area contributed by atoms with Gasteiger partial charge in [-0.15, -0.1) is 0 Å². The van der Waals surface area contributed by atoms with Gasteiger partial charge in [0.2, 0.25) is 0 Å². The number of amides is 1. The summed E-state index contributed by atoms with van der Waals surface area (Å²) in [5.41, 5.74) is 7.70. The van der Waals surface area contributed by atoms with Crippen molar-refractivity contribution >= 4 is 35.0 Å². The number of aliphatic hydroxyl groups excluding tert-OH is 1. The van der Waals surface area contributed by atoms with Gasteiger partial charge in [0.05, 0.1) is 24.4 Å². The molecule has 3 unspecified atom stereocenters. The van der Waals surface area contributed by atoms with Crippen molar-refractivity contribution in [1.29, 1.82) is 0 Å². The number of piperidine rings is 1. The summed E-state index contributed by atoms with van der Waals surface area (Å²) < 4.78 is 22.9. The number of methoxy groups -OCH3 is 3. The summed E-state index contributed by atoms with van der Waals surface area (Å²) in [6.45, 7) is 13.1. The number of nitrogens with zero attached hydrogens (tertiary/aromatic N) is 4. The molecule has 2 aliphatic carbocycles. The highest BCUT2D eigenvalue weighted by Crippen LogP contribution is 2.42. The quantitative estimate of drug-likeness (QED) is 0.0729. The molecule has 0 radical (unpaired) electrons. The van der Waals surface area contributed by atoms with E-state index < -0.39 is 89.9 Å². The van der Waals surface area contributed by atoms with Crippen LogP contribution in [0.2, 0.25) is 0 Å². The standard InChI is InChI=1S/C55H86N4O12/c1-33-16-12-11-13-17-34(2)47(68-8)28-41-20-19-39(7)55(67,31-41)53(65)54(66)59-23-15-14-18-43(59)45(61)30-42(29-44(60)36(4)25-38(6)51(64)52(70-10)50(63)37(5)24-33)35(3)26-40-21-22-46(48(27-40)69-9)71-49(62)32-57-58-56/h11-13,16-17,33,35-43,46-48,51-52,64,67H,14-15,18-32H2,1-10H3/b13-11?,16-12+,34-17?/t33-,35-,36-,37+,38-,39+,40?,41+,42-,43-,46+,47?,48-,51+,52?,55-/m0/s1. The van der Waals surface area contributed by atoms with Gasteiger partial charge in [0, 0.05) is 57.5 Å². The summed E-state index contributed by atoms with van der Waals surface area (Å²) in [6, 6.07) is -0.900. The lowest BCUT2D eigenvalue weighted by Gasteiger charge is -2.43. The van der Waals surface area contributed by atoms with Gasteiger partial charge < -0.3 is 34.1 Å². The van der Waals surface area contributed by atoms with Crippen molar-refractivity contribution in [3.8, 4) is 0 Å². The molecule has 0 spiro atoms. The average Bonchev–Trinajstić information content (AvgIpc) is 3.35. The van der Waals surface area contributed by atoms with Crippen molar-refractivity contribution in [1.82, 2.24) is 4.90 Å². The molecule has 2 bridgehead atoms. The van der Waals surface area contributed by atoms with Crippen LogP contribution in [0.5, 0.6) is 0 Å². The summed E-state index contributed by atoms with van der Waals surface area (Å²) in [5.74, 6) is -5.40. The minimum atomic E-state index is -1.92. The smallest absolute Gasteiger partial charge is 0.312 e. The molecule has 2 N–H and O–H groups in total. The summed E-state index contributed by atoms with van der Waals surface area (Å²) >= 11 is 0. The first kappa shape index (κ1) is 59.5. The van der Waals surface area contributed by atoms with Crippen LogP contribution in [-0.2, 0) is 47.7 Å². The van der Waals surface area contributed by atoms with Gasteiger partial charge in [-0.05, 0) is 143 Å². The van der Waals surface area contributed by atoms with Gasteiger partial charge in [-0.25, -0.2) is 0 Å². The molecule has 16 nitrogen and oxygen atoms in total. The number of hydrogen-bond acceptors (Lipinski definition) is 13. The van der Waals surface area contributed by atoms with Crippen LogP contribution < -0.4 is 0 Å².